The Morgan fingerprint density at radius 2 is 2.14 bits per heavy atom. The molecule has 1 aliphatic rings. The molecule has 118 valence electrons. The maximum atomic E-state index is 11.9. The molecule has 22 heavy (non-hydrogen) atoms. The summed E-state index contributed by atoms with van der Waals surface area (Å²) in [4.78, 5) is 13.9. The molecule has 0 amide bonds. The van der Waals surface area contributed by atoms with E-state index in [1.54, 1.807) is 0 Å². The van der Waals surface area contributed by atoms with E-state index >= 15 is 0 Å². The SMILES string of the molecule is CCc1nnc(N2CCC(C)(C(=O)OC)C2)c(C#N)c1CC. The number of rotatable bonds is 4. The highest BCUT2D eigenvalue weighted by atomic mass is 16.5. The Morgan fingerprint density at radius 3 is 2.68 bits per heavy atom. The summed E-state index contributed by atoms with van der Waals surface area (Å²) in [5.41, 5.74) is 1.86. The van der Waals surface area contributed by atoms with Crippen LogP contribution in [0.15, 0.2) is 0 Å². The van der Waals surface area contributed by atoms with Crippen LogP contribution in [0.4, 0.5) is 5.82 Å². The van der Waals surface area contributed by atoms with E-state index < -0.39 is 5.41 Å². The molecular formula is C16H22N4O2. The summed E-state index contributed by atoms with van der Waals surface area (Å²) >= 11 is 0. The van der Waals surface area contributed by atoms with Crippen molar-refractivity contribution in [3.05, 3.63) is 16.8 Å². The van der Waals surface area contributed by atoms with Crippen LogP contribution in [0.5, 0.6) is 0 Å². The Balaban J connectivity index is 2.39. The van der Waals surface area contributed by atoms with Gasteiger partial charge < -0.3 is 9.64 Å². The number of ether oxygens (including phenoxy) is 1. The lowest BCUT2D eigenvalue weighted by atomic mass is 9.90. The Kier molecular flexibility index (Phi) is 4.65. The Hall–Kier alpha value is -2.16. The van der Waals surface area contributed by atoms with Crippen LogP contribution in [-0.2, 0) is 22.4 Å². The van der Waals surface area contributed by atoms with Gasteiger partial charge in [-0.25, -0.2) is 0 Å². The molecule has 1 atom stereocenters. The monoisotopic (exact) mass is 302 g/mol. The van der Waals surface area contributed by atoms with E-state index in [2.05, 4.69) is 16.3 Å². The first-order valence-corrected chi connectivity index (χ1v) is 7.62. The van der Waals surface area contributed by atoms with Gasteiger partial charge in [0.15, 0.2) is 5.82 Å². The molecule has 0 saturated carbocycles. The highest BCUT2D eigenvalue weighted by molar-refractivity contribution is 5.78. The largest absolute Gasteiger partial charge is 0.469 e. The molecule has 2 rings (SSSR count). The van der Waals surface area contributed by atoms with Gasteiger partial charge in [-0.05, 0) is 31.7 Å². The first kappa shape index (κ1) is 16.2. The Labute approximate surface area is 131 Å². The van der Waals surface area contributed by atoms with Crippen molar-refractivity contribution in [3.63, 3.8) is 0 Å². The third kappa shape index (κ3) is 2.63. The van der Waals surface area contributed by atoms with Crippen LogP contribution in [0.25, 0.3) is 0 Å². The summed E-state index contributed by atoms with van der Waals surface area (Å²) in [6, 6.07) is 2.28. The first-order valence-electron chi connectivity index (χ1n) is 7.62. The number of nitrogens with zero attached hydrogens (tertiary/aromatic N) is 4. The van der Waals surface area contributed by atoms with Crippen LogP contribution in [0.1, 0.15) is 44.0 Å². The lowest BCUT2D eigenvalue weighted by Crippen LogP contribution is -2.33. The number of esters is 1. The number of anilines is 1. The van der Waals surface area contributed by atoms with E-state index in [9.17, 15) is 10.1 Å². The second-order valence-corrected chi connectivity index (χ2v) is 5.87. The number of carbonyl (C=O) groups excluding carboxylic acids is 1. The number of carbonyl (C=O) groups is 1. The van der Waals surface area contributed by atoms with Crippen LogP contribution < -0.4 is 4.90 Å². The van der Waals surface area contributed by atoms with Crippen molar-refractivity contribution < 1.29 is 9.53 Å². The van der Waals surface area contributed by atoms with Crippen molar-refractivity contribution in [2.75, 3.05) is 25.1 Å². The van der Waals surface area contributed by atoms with Crippen LogP contribution in [0.3, 0.4) is 0 Å². The Bertz CT molecular complexity index is 623. The predicted molar refractivity (Wildman–Crippen MR) is 82.5 cm³/mol. The number of aryl methyl sites for hydroxylation is 1. The quantitative estimate of drug-likeness (QED) is 0.790. The van der Waals surface area contributed by atoms with E-state index in [1.165, 1.54) is 7.11 Å². The topological polar surface area (TPSA) is 79.1 Å². The molecule has 1 unspecified atom stereocenters. The molecule has 6 heteroatoms. The number of hydrogen-bond donors (Lipinski definition) is 0. The van der Waals surface area contributed by atoms with Gasteiger partial charge in [0.05, 0.1) is 18.2 Å². The van der Waals surface area contributed by atoms with Crippen LogP contribution in [-0.4, -0.2) is 36.4 Å². The molecule has 0 radical (unpaired) electrons. The lowest BCUT2D eigenvalue weighted by Gasteiger charge is -2.23. The fraction of sp³-hybridized carbons (Fsp3) is 0.625. The van der Waals surface area contributed by atoms with Gasteiger partial charge in [0.25, 0.3) is 0 Å². The molecule has 0 aliphatic carbocycles. The van der Waals surface area contributed by atoms with E-state index in [0.717, 1.165) is 24.1 Å². The summed E-state index contributed by atoms with van der Waals surface area (Å²) < 4.78 is 4.89. The summed E-state index contributed by atoms with van der Waals surface area (Å²) in [5.74, 6) is 0.367. The van der Waals surface area contributed by atoms with Gasteiger partial charge in [0.1, 0.15) is 11.6 Å². The number of nitriles is 1. The van der Waals surface area contributed by atoms with Gasteiger partial charge >= 0.3 is 5.97 Å². The minimum Gasteiger partial charge on any atom is -0.469 e. The molecule has 0 aromatic carbocycles. The molecule has 1 fully saturated rings. The molecule has 0 bridgehead atoms. The minimum absolute atomic E-state index is 0.220. The highest BCUT2D eigenvalue weighted by Gasteiger charge is 2.42. The summed E-state index contributed by atoms with van der Waals surface area (Å²) in [6.45, 7) is 7.08. The first-order chi connectivity index (χ1) is 10.5. The average Bonchev–Trinajstić information content (AvgIpc) is 2.95. The molecule has 2 heterocycles. The zero-order valence-electron chi connectivity index (χ0n) is 13.6. The van der Waals surface area contributed by atoms with Crippen LogP contribution >= 0.6 is 0 Å². The van der Waals surface area contributed by atoms with Gasteiger partial charge in [-0.2, -0.15) is 10.4 Å². The molecule has 1 aliphatic heterocycles. The second-order valence-electron chi connectivity index (χ2n) is 5.87. The van der Waals surface area contributed by atoms with Gasteiger partial charge in [0, 0.05) is 13.1 Å². The molecule has 6 nitrogen and oxygen atoms in total. The Morgan fingerprint density at radius 1 is 1.41 bits per heavy atom. The van der Waals surface area contributed by atoms with Crippen molar-refractivity contribution in [1.29, 1.82) is 5.26 Å². The molecule has 1 aromatic heterocycles. The fourth-order valence-electron chi connectivity index (χ4n) is 3.06. The zero-order chi connectivity index (χ0) is 16.3. The third-order valence-electron chi connectivity index (χ3n) is 4.39. The van der Waals surface area contributed by atoms with Gasteiger partial charge in [-0.1, -0.05) is 13.8 Å². The van der Waals surface area contributed by atoms with Crippen molar-refractivity contribution in [2.45, 2.75) is 40.0 Å². The third-order valence-corrected chi connectivity index (χ3v) is 4.39. The smallest absolute Gasteiger partial charge is 0.313 e. The van der Waals surface area contributed by atoms with Crippen molar-refractivity contribution >= 4 is 11.8 Å². The van der Waals surface area contributed by atoms with E-state index in [0.29, 0.717) is 30.9 Å². The molecule has 1 saturated heterocycles. The standard InChI is InChI=1S/C16H22N4O2/c1-5-11-12(9-17)14(19-18-13(11)6-2)20-8-7-16(3,10-20)15(21)22-4/h5-8,10H2,1-4H3. The molecule has 0 N–H and O–H groups in total. The second kappa shape index (κ2) is 6.30. The highest BCUT2D eigenvalue weighted by Crippen LogP contribution is 2.35. The van der Waals surface area contributed by atoms with Crippen molar-refractivity contribution in [1.82, 2.24) is 10.2 Å². The minimum atomic E-state index is -0.557. The molecular weight excluding hydrogens is 280 g/mol. The molecule has 0 spiro atoms. The average molecular weight is 302 g/mol. The van der Waals surface area contributed by atoms with Gasteiger partial charge in [-0.3, -0.25) is 4.79 Å². The predicted octanol–water partition coefficient (Wildman–Crippen LogP) is 1.86. The summed E-state index contributed by atoms with van der Waals surface area (Å²) in [5, 5.41) is 18.1. The normalized spacial score (nSPS) is 20.8. The van der Waals surface area contributed by atoms with Crippen LogP contribution in [0, 0.1) is 16.7 Å². The maximum absolute atomic E-state index is 11.9. The summed E-state index contributed by atoms with van der Waals surface area (Å²) in [6.07, 6.45) is 2.19. The molecule has 1 aromatic rings. The van der Waals surface area contributed by atoms with Gasteiger partial charge in [0.2, 0.25) is 0 Å². The fourth-order valence-corrected chi connectivity index (χ4v) is 3.06. The summed E-state index contributed by atoms with van der Waals surface area (Å²) in [7, 11) is 1.40. The maximum Gasteiger partial charge on any atom is 0.313 e. The van der Waals surface area contributed by atoms with Crippen LogP contribution in [0.2, 0.25) is 0 Å². The van der Waals surface area contributed by atoms with E-state index in [4.69, 9.17) is 4.74 Å². The van der Waals surface area contributed by atoms with Crippen molar-refractivity contribution in [3.8, 4) is 6.07 Å². The van der Waals surface area contributed by atoms with E-state index in [1.807, 2.05) is 25.7 Å². The zero-order valence-corrected chi connectivity index (χ0v) is 13.6. The van der Waals surface area contributed by atoms with E-state index in [-0.39, 0.29) is 5.97 Å². The number of methoxy groups -OCH3 is 1. The van der Waals surface area contributed by atoms with Gasteiger partial charge in [-0.15, -0.1) is 5.10 Å². The van der Waals surface area contributed by atoms with Crippen molar-refractivity contribution in [2.24, 2.45) is 5.41 Å². The number of aromatic nitrogens is 2. The number of hydrogen-bond acceptors (Lipinski definition) is 6. The lowest BCUT2D eigenvalue weighted by molar-refractivity contribution is -0.150.